The van der Waals surface area contributed by atoms with Crippen LogP contribution < -0.4 is 11.1 Å². The first kappa shape index (κ1) is 15.6. The lowest BCUT2D eigenvalue weighted by molar-refractivity contribution is 0.535. The van der Waals surface area contributed by atoms with E-state index in [1.807, 2.05) is 6.07 Å². The van der Waals surface area contributed by atoms with Crippen molar-refractivity contribution < 1.29 is 0 Å². The molecule has 0 bridgehead atoms. The predicted octanol–water partition coefficient (Wildman–Crippen LogP) is 3.89. The van der Waals surface area contributed by atoms with Crippen LogP contribution in [0.15, 0.2) is 24.4 Å². The lowest BCUT2D eigenvalue weighted by atomic mass is 10.1. The summed E-state index contributed by atoms with van der Waals surface area (Å²) in [5, 5.41) is 5.66. The van der Waals surface area contributed by atoms with Crippen molar-refractivity contribution in [2.24, 2.45) is 11.8 Å². The van der Waals surface area contributed by atoms with Crippen molar-refractivity contribution in [1.29, 1.82) is 0 Å². The Labute approximate surface area is 136 Å². The van der Waals surface area contributed by atoms with Crippen molar-refractivity contribution in [2.75, 3.05) is 17.6 Å². The molecule has 0 amide bonds. The average Bonchev–Trinajstić information content (AvgIpc) is 2.86. The highest BCUT2D eigenvalue weighted by Crippen LogP contribution is 2.31. The molecule has 3 aromatic rings. The zero-order valence-electron chi connectivity index (χ0n) is 14.3. The van der Waals surface area contributed by atoms with Gasteiger partial charge < -0.3 is 15.6 Å². The molecule has 2 heterocycles. The first-order valence-corrected chi connectivity index (χ1v) is 8.24. The smallest absolute Gasteiger partial charge is 0.222 e. The number of aromatic nitrogens is 3. The van der Waals surface area contributed by atoms with Crippen molar-refractivity contribution in [2.45, 2.75) is 34.2 Å². The van der Waals surface area contributed by atoms with Gasteiger partial charge >= 0.3 is 0 Å². The van der Waals surface area contributed by atoms with Crippen LogP contribution in [-0.4, -0.2) is 21.1 Å². The van der Waals surface area contributed by atoms with Crippen molar-refractivity contribution in [1.82, 2.24) is 14.5 Å². The van der Waals surface area contributed by atoms with Gasteiger partial charge in [0.15, 0.2) is 0 Å². The molecule has 0 aliphatic carbocycles. The number of hydrogen-bond donors (Lipinski definition) is 2. The number of nitrogens with two attached hydrogens (primary N) is 1. The molecule has 3 rings (SSSR count). The van der Waals surface area contributed by atoms with Crippen molar-refractivity contribution in [3.05, 3.63) is 24.4 Å². The summed E-state index contributed by atoms with van der Waals surface area (Å²) >= 11 is 0. The third-order valence-electron chi connectivity index (χ3n) is 3.87. The van der Waals surface area contributed by atoms with E-state index in [0.29, 0.717) is 17.8 Å². The van der Waals surface area contributed by atoms with Gasteiger partial charge in [0, 0.05) is 30.2 Å². The van der Waals surface area contributed by atoms with Crippen LogP contribution in [0.5, 0.6) is 0 Å². The fourth-order valence-corrected chi connectivity index (χ4v) is 2.90. The lowest BCUT2D eigenvalue weighted by Gasteiger charge is -2.13. The Hall–Kier alpha value is -2.30. The van der Waals surface area contributed by atoms with Crippen LogP contribution in [0.4, 0.5) is 11.8 Å². The van der Waals surface area contributed by atoms with Crippen molar-refractivity contribution in [3.63, 3.8) is 0 Å². The number of rotatable bonds is 5. The van der Waals surface area contributed by atoms with Crippen LogP contribution in [0.25, 0.3) is 21.8 Å². The van der Waals surface area contributed by atoms with Crippen LogP contribution in [0, 0.1) is 11.8 Å². The molecule has 23 heavy (non-hydrogen) atoms. The molecule has 5 heteroatoms. The first-order chi connectivity index (χ1) is 11.0. The number of nitrogens with zero attached hydrogens (tertiary/aromatic N) is 3. The molecule has 0 fully saturated rings. The van der Waals surface area contributed by atoms with Crippen LogP contribution in [-0.2, 0) is 6.54 Å². The van der Waals surface area contributed by atoms with Crippen LogP contribution in [0.1, 0.15) is 27.7 Å². The molecule has 0 aliphatic rings. The zero-order valence-corrected chi connectivity index (χ0v) is 14.3. The van der Waals surface area contributed by atoms with E-state index < -0.39 is 0 Å². The fourth-order valence-electron chi connectivity index (χ4n) is 2.90. The van der Waals surface area contributed by atoms with Gasteiger partial charge in [0.1, 0.15) is 5.82 Å². The highest BCUT2D eigenvalue weighted by Gasteiger charge is 2.13. The van der Waals surface area contributed by atoms with Gasteiger partial charge in [-0.25, -0.2) is 4.98 Å². The minimum absolute atomic E-state index is 0.310. The van der Waals surface area contributed by atoms with Crippen LogP contribution in [0.3, 0.4) is 0 Å². The lowest BCUT2D eigenvalue weighted by Crippen LogP contribution is -2.11. The topological polar surface area (TPSA) is 68.8 Å². The molecule has 0 unspecified atom stereocenters. The van der Waals surface area contributed by atoms with Crippen LogP contribution >= 0.6 is 0 Å². The third-order valence-corrected chi connectivity index (χ3v) is 3.87. The SMILES string of the molecule is CC(C)CNc1nc(N)nc2ccc3c(ccn3CC(C)C)c12. The number of nitrogens with one attached hydrogen (secondary N) is 1. The van der Waals surface area contributed by atoms with Crippen molar-refractivity contribution >= 4 is 33.6 Å². The second-order valence-electron chi connectivity index (χ2n) is 6.96. The highest BCUT2D eigenvalue weighted by molar-refractivity contribution is 6.11. The van der Waals surface area contributed by atoms with E-state index in [9.17, 15) is 0 Å². The molecule has 122 valence electrons. The van der Waals surface area contributed by atoms with Gasteiger partial charge in [0.2, 0.25) is 5.95 Å². The Morgan fingerprint density at radius 1 is 1.09 bits per heavy atom. The molecule has 5 nitrogen and oxygen atoms in total. The molecule has 0 saturated carbocycles. The standard InChI is InChI=1S/C18H25N5/c1-11(2)9-20-17-16-13-7-8-23(10-12(3)4)15(13)6-5-14(16)21-18(19)22-17/h5-8,11-12H,9-10H2,1-4H3,(H3,19,20,21,22). The molecule has 0 saturated heterocycles. The molecule has 3 N–H and O–H groups in total. The van der Waals surface area contributed by atoms with E-state index in [1.54, 1.807) is 0 Å². The first-order valence-electron chi connectivity index (χ1n) is 8.24. The maximum Gasteiger partial charge on any atom is 0.222 e. The van der Waals surface area contributed by atoms with Gasteiger partial charge in [-0.05, 0) is 30.0 Å². The number of benzene rings is 1. The molecule has 1 aromatic carbocycles. The molecular formula is C18H25N5. The molecule has 0 atom stereocenters. The maximum atomic E-state index is 5.88. The fraction of sp³-hybridized carbons (Fsp3) is 0.444. The highest BCUT2D eigenvalue weighted by atomic mass is 15.1. The summed E-state index contributed by atoms with van der Waals surface area (Å²) in [6, 6.07) is 6.31. The van der Waals surface area contributed by atoms with Gasteiger partial charge in [-0.2, -0.15) is 4.98 Å². The number of anilines is 2. The molecule has 0 radical (unpaired) electrons. The molecular weight excluding hydrogens is 286 g/mol. The summed E-state index contributed by atoms with van der Waals surface area (Å²) in [5.74, 6) is 2.27. The monoisotopic (exact) mass is 311 g/mol. The second kappa shape index (κ2) is 6.07. The minimum Gasteiger partial charge on any atom is -0.369 e. The van der Waals surface area contributed by atoms with Gasteiger partial charge in [-0.15, -0.1) is 0 Å². The summed E-state index contributed by atoms with van der Waals surface area (Å²) in [7, 11) is 0. The summed E-state index contributed by atoms with van der Waals surface area (Å²) in [4.78, 5) is 8.84. The van der Waals surface area contributed by atoms with E-state index in [-0.39, 0.29) is 0 Å². The summed E-state index contributed by atoms with van der Waals surface area (Å²) in [5.41, 5.74) is 7.98. The third kappa shape index (κ3) is 3.09. The van der Waals surface area contributed by atoms with E-state index in [0.717, 1.165) is 29.8 Å². The van der Waals surface area contributed by atoms with Gasteiger partial charge in [-0.1, -0.05) is 27.7 Å². The minimum atomic E-state index is 0.310. The molecule has 0 aliphatic heterocycles. The van der Waals surface area contributed by atoms with Gasteiger partial charge in [0.25, 0.3) is 0 Å². The largest absolute Gasteiger partial charge is 0.369 e. The Morgan fingerprint density at radius 2 is 1.87 bits per heavy atom. The van der Waals surface area contributed by atoms with E-state index in [1.165, 1.54) is 10.9 Å². The quantitative estimate of drug-likeness (QED) is 0.750. The maximum absolute atomic E-state index is 5.88. The number of nitrogen functional groups attached to an aromatic ring is 1. The Morgan fingerprint density at radius 3 is 2.57 bits per heavy atom. The Bertz CT molecular complexity index is 832. The molecule has 0 spiro atoms. The van der Waals surface area contributed by atoms with Crippen LogP contribution in [0.2, 0.25) is 0 Å². The number of fused-ring (bicyclic) bond motifs is 3. The Kier molecular flexibility index (Phi) is 4.11. The van der Waals surface area contributed by atoms with Crippen molar-refractivity contribution in [3.8, 4) is 0 Å². The second-order valence-corrected chi connectivity index (χ2v) is 6.96. The summed E-state index contributed by atoms with van der Waals surface area (Å²) in [6.45, 7) is 10.7. The van der Waals surface area contributed by atoms with Gasteiger partial charge in [0.05, 0.1) is 10.9 Å². The Balaban J connectivity index is 2.19. The van der Waals surface area contributed by atoms with E-state index in [2.05, 4.69) is 65.9 Å². The normalized spacial score (nSPS) is 11.9. The summed E-state index contributed by atoms with van der Waals surface area (Å²) < 4.78 is 2.29. The van der Waals surface area contributed by atoms with E-state index >= 15 is 0 Å². The zero-order chi connectivity index (χ0) is 16.6. The van der Waals surface area contributed by atoms with Gasteiger partial charge in [-0.3, -0.25) is 0 Å². The van der Waals surface area contributed by atoms with E-state index in [4.69, 9.17) is 5.73 Å². The predicted molar refractivity (Wildman–Crippen MR) is 97.6 cm³/mol. The number of hydrogen-bond acceptors (Lipinski definition) is 4. The molecule has 2 aromatic heterocycles. The summed E-state index contributed by atoms with van der Waals surface area (Å²) in [6.07, 6.45) is 2.15. The average molecular weight is 311 g/mol.